The van der Waals surface area contributed by atoms with Gasteiger partial charge in [-0.1, -0.05) is 0 Å². The molecule has 1 aromatic heterocycles. The highest BCUT2D eigenvalue weighted by molar-refractivity contribution is 6.11. The van der Waals surface area contributed by atoms with Crippen molar-refractivity contribution in [2.45, 2.75) is 13.5 Å². The van der Waals surface area contributed by atoms with Crippen molar-refractivity contribution in [2.75, 3.05) is 21.3 Å². The van der Waals surface area contributed by atoms with Gasteiger partial charge in [-0.3, -0.25) is 9.48 Å². The number of ketones is 1. The van der Waals surface area contributed by atoms with Gasteiger partial charge in [0, 0.05) is 6.54 Å². The minimum Gasteiger partial charge on any atom is -0.497 e. The molecule has 6 nitrogen and oxygen atoms in total. The Morgan fingerprint density at radius 3 is 2.43 bits per heavy atom. The second-order valence-electron chi connectivity index (χ2n) is 4.27. The number of methoxy groups -OCH3 is 3. The first-order chi connectivity index (χ1) is 10.2. The highest BCUT2D eigenvalue weighted by Crippen LogP contribution is 2.29. The third kappa shape index (κ3) is 2.69. The van der Waals surface area contributed by atoms with Crippen molar-refractivity contribution >= 4 is 5.78 Å². The second-order valence-corrected chi connectivity index (χ2v) is 4.27. The van der Waals surface area contributed by atoms with Crippen molar-refractivity contribution in [3.63, 3.8) is 0 Å². The number of carbonyl (C=O) groups excluding carboxylic acids is 1. The Morgan fingerprint density at radius 2 is 1.86 bits per heavy atom. The summed E-state index contributed by atoms with van der Waals surface area (Å²) < 4.78 is 17.3. The van der Waals surface area contributed by atoms with Crippen LogP contribution < -0.4 is 14.2 Å². The van der Waals surface area contributed by atoms with E-state index in [4.69, 9.17) is 14.2 Å². The van der Waals surface area contributed by atoms with Gasteiger partial charge in [0.2, 0.25) is 5.78 Å². The van der Waals surface area contributed by atoms with E-state index in [9.17, 15) is 4.79 Å². The van der Waals surface area contributed by atoms with Crippen molar-refractivity contribution < 1.29 is 19.0 Å². The van der Waals surface area contributed by atoms with Gasteiger partial charge in [-0.15, -0.1) is 0 Å². The summed E-state index contributed by atoms with van der Waals surface area (Å²) in [6, 6.07) is 5.09. The first kappa shape index (κ1) is 14.9. The summed E-state index contributed by atoms with van der Waals surface area (Å²) in [5.41, 5.74) is 0.803. The molecule has 0 unspecified atom stereocenters. The topological polar surface area (TPSA) is 62.6 Å². The Labute approximate surface area is 123 Å². The molecule has 0 spiro atoms. The van der Waals surface area contributed by atoms with E-state index in [0.29, 0.717) is 35.1 Å². The van der Waals surface area contributed by atoms with Crippen LogP contribution in [-0.4, -0.2) is 36.9 Å². The van der Waals surface area contributed by atoms with Crippen molar-refractivity contribution in [2.24, 2.45) is 0 Å². The number of hydrogen-bond donors (Lipinski definition) is 0. The summed E-state index contributed by atoms with van der Waals surface area (Å²) in [6.45, 7) is 2.47. The van der Waals surface area contributed by atoms with Crippen LogP contribution in [0.15, 0.2) is 24.4 Å². The summed E-state index contributed by atoms with van der Waals surface area (Å²) in [5, 5.41) is 4.15. The lowest BCUT2D eigenvalue weighted by atomic mass is 10.1. The zero-order valence-electron chi connectivity index (χ0n) is 12.5. The fraction of sp³-hybridized carbons (Fsp3) is 0.333. The first-order valence-electron chi connectivity index (χ1n) is 6.52. The van der Waals surface area contributed by atoms with Crippen molar-refractivity contribution in [3.05, 3.63) is 35.7 Å². The van der Waals surface area contributed by atoms with E-state index in [1.165, 1.54) is 20.4 Å². The molecule has 0 aliphatic rings. The van der Waals surface area contributed by atoms with Crippen LogP contribution in [0, 0.1) is 0 Å². The standard InChI is InChI=1S/C15H18N2O4/c1-5-17-14(13(21-4)9-16-17)15(18)11-8-10(19-2)6-7-12(11)20-3/h6-9H,5H2,1-4H3. The van der Waals surface area contributed by atoms with E-state index in [2.05, 4.69) is 5.10 Å². The Bertz CT molecular complexity index is 628. The monoisotopic (exact) mass is 290 g/mol. The Morgan fingerprint density at radius 1 is 1.14 bits per heavy atom. The number of hydrogen-bond acceptors (Lipinski definition) is 5. The number of benzene rings is 1. The minimum atomic E-state index is -0.220. The molecule has 0 fully saturated rings. The molecule has 21 heavy (non-hydrogen) atoms. The number of ether oxygens (including phenoxy) is 3. The second kappa shape index (κ2) is 6.30. The van der Waals surface area contributed by atoms with E-state index < -0.39 is 0 Å². The summed E-state index contributed by atoms with van der Waals surface area (Å²) >= 11 is 0. The number of aromatic nitrogens is 2. The van der Waals surface area contributed by atoms with Crippen LogP contribution in [0.3, 0.4) is 0 Å². The smallest absolute Gasteiger partial charge is 0.218 e. The Balaban J connectivity index is 2.56. The van der Waals surface area contributed by atoms with E-state index in [0.717, 1.165) is 0 Å². The van der Waals surface area contributed by atoms with Crippen molar-refractivity contribution in [1.29, 1.82) is 0 Å². The molecule has 0 radical (unpaired) electrons. The predicted octanol–water partition coefficient (Wildman–Crippen LogP) is 2.16. The van der Waals surface area contributed by atoms with Crippen LogP contribution in [0.25, 0.3) is 0 Å². The van der Waals surface area contributed by atoms with Gasteiger partial charge in [-0.25, -0.2) is 0 Å². The molecular weight excluding hydrogens is 272 g/mol. The summed E-state index contributed by atoms with van der Waals surface area (Å²) in [6.07, 6.45) is 1.53. The van der Waals surface area contributed by atoms with Gasteiger partial charge in [-0.05, 0) is 25.1 Å². The molecular formula is C15H18N2O4. The number of nitrogens with zero attached hydrogens (tertiary/aromatic N) is 2. The van der Waals surface area contributed by atoms with E-state index >= 15 is 0 Å². The fourth-order valence-corrected chi connectivity index (χ4v) is 2.11. The summed E-state index contributed by atoms with van der Waals surface area (Å²) in [4.78, 5) is 12.8. The number of carbonyl (C=O) groups is 1. The molecule has 6 heteroatoms. The Kier molecular flexibility index (Phi) is 4.47. The Hall–Kier alpha value is -2.50. The molecule has 0 N–H and O–H groups in total. The normalized spacial score (nSPS) is 10.3. The van der Waals surface area contributed by atoms with Crippen LogP contribution in [0.1, 0.15) is 23.0 Å². The highest BCUT2D eigenvalue weighted by atomic mass is 16.5. The van der Waals surface area contributed by atoms with Crippen molar-refractivity contribution in [3.8, 4) is 17.2 Å². The maximum absolute atomic E-state index is 12.8. The molecule has 2 aromatic rings. The summed E-state index contributed by atoms with van der Waals surface area (Å²) in [5.74, 6) is 1.28. The minimum absolute atomic E-state index is 0.220. The number of rotatable bonds is 6. The lowest BCUT2D eigenvalue weighted by Gasteiger charge is -2.11. The van der Waals surface area contributed by atoms with Gasteiger partial charge in [0.15, 0.2) is 11.4 Å². The first-order valence-corrected chi connectivity index (χ1v) is 6.52. The molecule has 2 rings (SSSR count). The van der Waals surface area contributed by atoms with E-state index in [-0.39, 0.29) is 5.78 Å². The third-order valence-corrected chi connectivity index (χ3v) is 3.19. The van der Waals surface area contributed by atoms with Gasteiger partial charge >= 0.3 is 0 Å². The van der Waals surface area contributed by atoms with E-state index in [1.807, 2.05) is 6.92 Å². The lowest BCUT2D eigenvalue weighted by molar-refractivity contribution is 0.102. The van der Waals surface area contributed by atoms with Gasteiger partial charge in [0.1, 0.15) is 11.5 Å². The highest BCUT2D eigenvalue weighted by Gasteiger charge is 2.23. The van der Waals surface area contributed by atoms with Gasteiger partial charge in [-0.2, -0.15) is 5.10 Å². The lowest BCUT2D eigenvalue weighted by Crippen LogP contribution is -2.13. The maximum Gasteiger partial charge on any atom is 0.218 e. The van der Waals surface area contributed by atoms with Gasteiger partial charge in [0.25, 0.3) is 0 Å². The average molecular weight is 290 g/mol. The zero-order valence-corrected chi connectivity index (χ0v) is 12.5. The molecule has 1 heterocycles. The average Bonchev–Trinajstić information content (AvgIpc) is 2.96. The van der Waals surface area contributed by atoms with Gasteiger partial charge < -0.3 is 14.2 Å². The SMILES string of the molecule is CCn1ncc(OC)c1C(=O)c1cc(OC)ccc1OC. The molecule has 0 amide bonds. The number of aryl methyl sites for hydroxylation is 1. The summed E-state index contributed by atoms with van der Waals surface area (Å²) in [7, 11) is 4.58. The molecule has 0 saturated heterocycles. The van der Waals surface area contributed by atoms with Crippen LogP contribution in [0.5, 0.6) is 17.2 Å². The fourth-order valence-electron chi connectivity index (χ4n) is 2.11. The zero-order chi connectivity index (χ0) is 15.4. The molecule has 112 valence electrons. The van der Waals surface area contributed by atoms with Crippen LogP contribution >= 0.6 is 0 Å². The molecule has 0 bridgehead atoms. The predicted molar refractivity (Wildman–Crippen MR) is 77.4 cm³/mol. The van der Waals surface area contributed by atoms with E-state index in [1.54, 1.807) is 30.0 Å². The molecule has 0 atom stereocenters. The van der Waals surface area contributed by atoms with Crippen LogP contribution in [0.4, 0.5) is 0 Å². The maximum atomic E-state index is 12.8. The molecule has 0 aliphatic heterocycles. The molecule has 1 aromatic carbocycles. The molecule has 0 saturated carbocycles. The largest absolute Gasteiger partial charge is 0.497 e. The quantitative estimate of drug-likeness (QED) is 0.763. The third-order valence-electron chi connectivity index (χ3n) is 3.19. The van der Waals surface area contributed by atoms with Crippen LogP contribution in [0.2, 0.25) is 0 Å². The van der Waals surface area contributed by atoms with Crippen LogP contribution in [-0.2, 0) is 6.54 Å². The van der Waals surface area contributed by atoms with Crippen molar-refractivity contribution in [1.82, 2.24) is 9.78 Å². The van der Waals surface area contributed by atoms with Gasteiger partial charge in [0.05, 0.1) is 33.1 Å². The molecule has 0 aliphatic carbocycles.